The Morgan fingerprint density at radius 3 is 2.73 bits per heavy atom. The van der Waals surface area contributed by atoms with Gasteiger partial charge < -0.3 is 9.84 Å². The molecular weight excluding hydrogens is 272 g/mol. The Kier molecular flexibility index (Phi) is 3.00. The fraction of sp³-hybridized carbons (Fsp3) is 0.600. The third kappa shape index (κ3) is 1.83. The Bertz CT molecular complexity index is 660. The summed E-state index contributed by atoms with van der Waals surface area (Å²) < 4.78 is 5.40. The number of aliphatic hydroxyl groups excluding tert-OH is 1. The van der Waals surface area contributed by atoms with Gasteiger partial charge in [-0.3, -0.25) is 0 Å². The van der Waals surface area contributed by atoms with Crippen LogP contribution < -0.4 is 4.74 Å². The SMILES string of the molecule is COc1ccc2c(c1)CCC1=C3CC(O)C[C@]3(C)CCC12C. The summed E-state index contributed by atoms with van der Waals surface area (Å²) in [5.41, 5.74) is 6.57. The highest BCUT2D eigenvalue weighted by molar-refractivity contribution is 5.52. The zero-order valence-corrected chi connectivity index (χ0v) is 13.9. The lowest BCUT2D eigenvalue weighted by molar-refractivity contribution is 0.157. The number of aryl methyl sites for hydroxylation is 1. The minimum atomic E-state index is -0.132. The Morgan fingerprint density at radius 2 is 1.95 bits per heavy atom. The van der Waals surface area contributed by atoms with E-state index in [1.165, 1.54) is 24.0 Å². The summed E-state index contributed by atoms with van der Waals surface area (Å²) in [5, 5.41) is 10.2. The van der Waals surface area contributed by atoms with Crippen molar-refractivity contribution in [1.82, 2.24) is 0 Å². The first-order chi connectivity index (χ1) is 10.5. The Morgan fingerprint density at radius 1 is 1.14 bits per heavy atom. The van der Waals surface area contributed by atoms with E-state index in [2.05, 4.69) is 32.0 Å². The van der Waals surface area contributed by atoms with E-state index in [9.17, 15) is 5.11 Å². The van der Waals surface area contributed by atoms with Crippen LogP contribution in [-0.4, -0.2) is 18.3 Å². The molecule has 1 aromatic rings. The van der Waals surface area contributed by atoms with Gasteiger partial charge in [-0.2, -0.15) is 0 Å². The number of methoxy groups -OCH3 is 1. The molecule has 22 heavy (non-hydrogen) atoms. The molecule has 1 aromatic carbocycles. The van der Waals surface area contributed by atoms with Crippen LogP contribution in [0.15, 0.2) is 29.3 Å². The van der Waals surface area contributed by atoms with Gasteiger partial charge in [-0.1, -0.05) is 31.1 Å². The van der Waals surface area contributed by atoms with E-state index in [4.69, 9.17) is 4.74 Å². The van der Waals surface area contributed by atoms with Gasteiger partial charge >= 0.3 is 0 Å². The largest absolute Gasteiger partial charge is 0.497 e. The van der Waals surface area contributed by atoms with Crippen LogP contribution in [0.4, 0.5) is 0 Å². The monoisotopic (exact) mass is 298 g/mol. The van der Waals surface area contributed by atoms with Crippen molar-refractivity contribution in [3.63, 3.8) is 0 Å². The van der Waals surface area contributed by atoms with Crippen molar-refractivity contribution < 1.29 is 9.84 Å². The molecule has 1 fully saturated rings. The van der Waals surface area contributed by atoms with Crippen molar-refractivity contribution in [2.45, 2.75) is 63.9 Å². The molecule has 3 aliphatic carbocycles. The summed E-state index contributed by atoms with van der Waals surface area (Å²) >= 11 is 0. The number of fused-ring (bicyclic) bond motifs is 4. The van der Waals surface area contributed by atoms with Gasteiger partial charge in [-0.05, 0) is 67.2 Å². The maximum atomic E-state index is 10.2. The number of rotatable bonds is 1. The summed E-state index contributed by atoms with van der Waals surface area (Å²) in [6, 6.07) is 6.61. The van der Waals surface area contributed by atoms with Crippen LogP contribution >= 0.6 is 0 Å². The van der Waals surface area contributed by atoms with Gasteiger partial charge in [0, 0.05) is 5.41 Å². The third-order valence-electron chi connectivity index (χ3n) is 6.61. The first-order valence-corrected chi connectivity index (χ1v) is 8.55. The summed E-state index contributed by atoms with van der Waals surface area (Å²) in [4.78, 5) is 0. The van der Waals surface area contributed by atoms with Gasteiger partial charge in [0.25, 0.3) is 0 Å². The average molecular weight is 298 g/mol. The zero-order chi connectivity index (χ0) is 15.5. The van der Waals surface area contributed by atoms with E-state index >= 15 is 0 Å². The van der Waals surface area contributed by atoms with Crippen LogP contribution in [0, 0.1) is 5.41 Å². The minimum Gasteiger partial charge on any atom is -0.497 e. The van der Waals surface area contributed by atoms with Crippen LogP contribution in [0.25, 0.3) is 0 Å². The van der Waals surface area contributed by atoms with Crippen molar-refractivity contribution in [2.75, 3.05) is 7.11 Å². The molecule has 3 atom stereocenters. The maximum absolute atomic E-state index is 10.2. The molecule has 2 nitrogen and oxygen atoms in total. The number of ether oxygens (including phenoxy) is 1. The lowest BCUT2D eigenvalue weighted by atomic mass is 9.56. The van der Waals surface area contributed by atoms with Gasteiger partial charge in [-0.15, -0.1) is 0 Å². The summed E-state index contributed by atoms with van der Waals surface area (Å²) in [7, 11) is 1.74. The molecule has 1 N–H and O–H groups in total. The first-order valence-electron chi connectivity index (χ1n) is 8.55. The van der Waals surface area contributed by atoms with Gasteiger partial charge in [0.1, 0.15) is 5.75 Å². The van der Waals surface area contributed by atoms with Crippen molar-refractivity contribution in [2.24, 2.45) is 5.41 Å². The molecule has 0 saturated heterocycles. The van der Waals surface area contributed by atoms with Crippen molar-refractivity contribution in [1.29, 1.82) is 0 Å². The lowest BCUT2D eigenvalue weighted by Crippen LogP contribution is -2.38. The van der Waals surface area contributed by atoms with Crippen LogP contribution in [0.1, 0.15) is 57.1 Å². The third-order valence-corrected chi connectivity index (χ3v) is 6.61. The quantitative estimate of drug-likeness (QED) is 0.789. The molecule has 1 saturated carbocycles. The molecule has 3 aliphatic rings. The second-order valence-corrected chi connectivity index (χ2v) is 7.94. The number of hydrogen-bond acceptors (Lipinski definition) is 2. The van der Waals surface area contributed by atoms with E-state index in [1.807, 2.05) is 0 Å². The van der Waals surface area contributed by atoms with Gasteiger partial charge in [0.05, 0.1) is 13.2 Å². The minimum absolute atomic E-state index is 0.132. The highest BCUT2D eigenvalue weighted by Crippen LogP contribution is 2.59. The highest BCUT2D eigenvalue weighted by atomic mass is 16.5. The number of aliphatic hydroxyl groups is 1. The molecule has 118 valence electrons. The smallest absolute Gasteiger partial charge is 0.119 e. The lowest BCUT2D eigenvalue weighted by Gasteiger charge is -2.48. The molecule has 0 radical (unpaired) electrons. The van der Waals surface area contributed by atoms with Crippen molar-refractivity contribution in [3.8, 4) is 5.75 Å². The number of allylic oxidation sites excluding steroid dienone is 1. The maximum Gasteiger partial charge on any atom is 0.119 e. The molecule has 2 heteroatoms. The van der Waals surface area contributed by atoms with Crippen molar-refractivity contribution in [3.05, 3.63) is 40.5 Å². The van der Waals surface area contributed by atoms with Gasteiger partial charge in [-0.25, -0.2) is 0 Å². The standard InChI is InChI=1S/C20H26O2/c1-19-8-9-20(2)16-7-5-15(22-3)10-13(16)4-6-17(20)18(19)11-14(21)12-19/h5,7,10,14,21H,4,6,8-9,11-12H2,1-3H3/t14?,19-,20?/m0/s1. The molecule has 0 aromatic heterocycles. The molecule has 0 aliphatic heterocycles. The van der Waals surface area contributed by atoms with E-state index < -0.39 is 0 Å². The second kappa shape index (κ2) is 4.61. The summed E-state index contributed by atoms with van der Waals surface area (Å²) in [6.07, 6.45) is 6.37. The molecule has 0 amide bonds. The van der Waals surface area contributed by atoms with Gasteiger partial charge in [0.15, 0.2) is 0 Å². The van der Waals surface area contributed by atoms with Crippen LogP contribution in [0.2, 0.25) is 0 Å². The number of benzene rings is 1. The predicted molar refractivity (Wildman–Crippen MR) is 88.3 cm³/mol. The normalized spacial score (nSPS) is 36.6. The molecule has 4 rings (SSSR count). The summed E-state index contributed by atoms with van der Waals surface area (Å²) in [6.45, 7) is 4.79. The first kappa shape index (κ1) is 14.3. The fourth-order valence-electron chi connectivity index (χ4n) is 5.37. The number of hydrogen-bond donors (Lipinski definition) is 1. The molecule has 0 spiro atoms. The molecule has 0 bridgehead atoms. The average Bonchev–Trinajstić information content (AvgIpc) is 2.81. The molecular formula is C20H26O2. The van der Waals surface area contributed by atoms with E-state index in [-0.39, 0.29) is 16.9 Å². The van der Waals surface area contributed by atoms with E-state index in [0.29, 0.717) is 0 Å². The Labute approximate surface area is 133 Å². The second-order valence-electron chi connectivity index (χ2n) is 7.94. The summed E-state index contributed by atoms with van der Waals surface area (Å²) in [5.74, 6) is 0.968. The fourth-order valence-corrected chi connectivity index (χ4v) is 5.37. The Hall–Kier alpha value is -1.28. The van der Waals surface area contributed by atoms with E-state index in [0.717, 1.165) is 31.4 Å². The van der Waals surface area contributed by atoms with Crippen LogP contribution in [0.5, 0.6) is 5.75 Å². The molecule has 2 unspecified atom stereocenters. The topological polar surface area (TPSA) is 29.5 Å². The Balaban J connectivity index is 1.86. The highest BCUT2D eigenvalue weighted by Gasteiger charge is 2.50. The van der Waals surface area contributed by atoms with Crippen LogP contribution in [0.3, 0.4) is 0 Å². The van der Waals surface area contributed by atoms with Crippen LogP contribution in [-0.2, 0) is 11.8 Å². The van der Waals surface area contributed by atoms with Gasteiger partial charge in [0.2, 0.25) is 0 Å². The zero-order valence-electron chi connectivity index (χ0n) is 13.9. The predicted octanol–water partition coefficient (Wildman–Crippen LogP) is 4.15. The van der Waals surface area contributed by atoms with Crippen molar-refractivity contribution >= 4 is 0 Å². The molecule has 0 heterocycles. The van der Waals surface area contributed by atoms with E-state index in [1.54, 1.807) is 18.3 Å².